The zero-order chi connectivity index (χ0) is 8.55. The second-order valence-electron chi connectivity index (χ2n) is 3.43. The second kappa shape index (κ2) is 2.81. The van der Waals surface area contributed by atoms with E-state index in [1.165, 1.54) is 0 Å². The summed E-state index contributed by atoms with van der Waals surface area (Å²) in [7, 11) is 0. The normalized spacial score (nSPS) is 35.1. The van der Waals surface area contributed by atoms with Crippen LogP contribution < -0.4 is 5.32 Å². The predicted octanol–water partition coefficient (Wildman–Crippen LogP) is 0.959. The zero-order valence-electron chi connectivity index (χ0n) is 7.22. The smallest absolute Gasteiger partial charge is 0.335 e. The van der Waals surface area contributed by atoms with Crippen molar-refractivity contribution in [2.24, 2.45) is 0 Å². The Balaban J connectivity index is 2.19. The summed E-state index contributed by atoms with van der Waals surface area (Å²) in [5.41, 5.74) is 1.99. The monoisotopic (exact) mass is 167 g/mol. The molecule has 2 saturated heterocycles. The van der Waals surface area contributed by atoms with Gasteiger partial charge in [0.05, 0.1) is 12.2 Å². The highest BCUT2D eigenvalue weighted by Gasteiger charge is 2.26. The van der Waals surface area contributed by atoms with Gasteiger partial charge in [-0.3, -0.25) is 0 Å². The molecule has 2 aliphatic rings. The van der Waals surface area contributed by atoms with Crippen molar-refractivity contribution in [2.45, 2.75) is 32.2 Å². The van der Waals surface area contributed by atoms with Gasteiger partial charge in [-0.1, -0.05) is 0 Å². The molecule has 2 fully saturated rings. The topological polar surface area (TPSA) is 38.3 Å². The SMILES string of the molecule is CC1CC/C(=C2\CCOC2=O)N1. The van der Waals surface area contributed by atoms with Gasteiger partial charge < -0.3 is 10.1 Å². The van der Waals surface area contributed by atoms with E-state index in [1.54, 1.807) is 0 Å². The van der Waals surface area contributed by atoms with Crippen LogP contribution in [-0.2, 0) is 9.53 Å². The van der Waals surface area contributed by atoms with Gasteiger partial charge in [0, 0.05) is 18.2 Å². The van der Waals surface area contributed by atoms with Crippen LogP contribution in [0.1, 0.15) is 26.2 Å². The van der Waals surface area contributed by atoms with E-state index < -0.39 is 0 Å². The number of hydrogen-bond acceptors (Lipinski definition) is 3. The van der Waals surface area contributed by atoms with Gasteiger partial charge in [0.25, 0.3) is 0 Å². The zero-order valence-corrected chi connectivity index (χ0v) is 7.22. The van der Waals surface area contributed by atoms with Crippen LogP contribution in [0.3, 0.4) is 0 Å². The maximum atomic E-state index is 11.1. The van der Waals surface area contributed by atoms with Gasteiger partial charge in [-0.2, -0.15) is 0 Å². The fraction of sp³-hybridized carbons (Fsp3) is 0.667. The molecule has 1 unspecified atom stereocenters. The number of carbonyl (C=O) groups is 1. The summed E-state index contributed by atoms with van der Waals surface area (Å²) in [6, 6.07) is 0.515. The van der Waals surface area contributed by atoms with Crippen LogP contribution in [0, 0.1) is 0 Å². The van der Waals surface area contributed by atoms with Gasteiger partial charge in [0.1, 0.15) is 0 Å². The minimum atomic E-state index is -0.119. The van der Waals surface area contributed by atoms with Gasteiger partial charge in [0.2, 0.25) is 0 Å². The Morgan fingerprint density at radius 3 is 2.83 bits per heavy atom. The Kier molecular flexibility index (Phi) is 1.79. The third kappa shape index (κ3) is 1.19. The lowest BCUT2D eigenvalue weighted by molar-refractivity contribution is -0.135. The van der Waals surface area contributed by atoms with Crippen LogP contribution in [0.5, 0.6) is 0 Å². The van der Waals surface area contributed by atoms with Crippen molar-refractivity contribution >= 4 is 5.97 Å². The van der Waals surface area contributed by atoms with Crippen molar-refractivity contribution in [1.82, 2.24) is 5.32 Å². The number of rotatable bonds is 0. The fourth-order valence-electron chi connectivity index (χ4n) is 1.75. The van der Waals surface area contributed by atoms with Gasteiger partial charge in [-0.25, -0.2) is 4.79 Å². The maximum Gasteiger partial charge on any atom is 0.335 e. The molecular formula is C9H13NO2. The Morgan fingerprint density at radius 1 is 1.50 bits per heavy atom. The summed E-state index contributed by atoms with van der Waals surface area (Å²) in [5.74, 6) is -0.119. The number of allylic oxidation sites excluding steroid dienone is 1. The minimum absolute atomic E-state index is 0.119. The quantitative estimate of drug-likeness (QED) is 0.431. The molecule has 0 radical (unpaired) electrons. The molecule has 0 spiro atoms. The molecule has 0 amide bonds. The molecule has 0 bridgehead atoms. The largest absolute Gasteiger partial charge is 0.462 e. The van der Waals surface area contributed by atoms with Crippen LogP contribution >= 0.6 is 0 Å². The third-order valence-corrected chi connectivity index (χ3v) is 2.44. The van der Waals surface area contributed by atoms with Crippen LogP contribution in [0.4, 0.5) is 0 Å². The lowest BCUT2D eigenvalue weighted by Crippen LogP contribution is -2.17. The molecule has 66 valence electrons. The molecule has 0 aromatic rings. The Labute approximate surface area is 71.8 Å². The summed E-state index contributed by atoms with van der Waals surface area (Å²) in [6.07, 6.45) is 2.92. The highest BCUT2D eigenvalue weighted by atomic mass is 16.5. The molecule has 12 heavy (non-hydrogen) atoms. The first-order chi connectivity index (χ1) is 5.77. The predicted molar refractivity (Wildman–Crippen MR) is 44.4 cm³/mol. The van der Waals surface area contributed by atoms with Crippen molar-refractivity contribution in [3.8, 4) is 0 Å². The van der Waals surface area contributed by atoms with E-state index in [0.29, 0.717) is 12.6 Å². The molecule has 3 heteroatoms. The first-order valence-electron chi connectivity index (χ1n) is 4.43. The van der Waals surface area contributed by atoms with E-state index in [9.17, 15) is 4.79 Å². The summed E-state index contributed by atoms with van der Waals surface area (Å²) in [5, 5.41) is 3.30. The first-order valence-corrected chi connectivity index (χ1v) is 4.43. The van der Waals surface area contributed by atoms with Crippen molar-refractivity contribution in [3.05, 3.63) is 11.3 Å². The molecule has 1 atom stereocenters. The first kappa shape index (κ1) is 7.65. The fourth-order valence-corrected chi connectivity index (χ4v) is 1.75. The van der Waals surface area contributed by atoms with Gasteiger partial charge in [-0.05, 0) is 19.8 Å². The Hall–Kier alpha value is -0.990. The van der Waals surface area contributed by atoms with Crippen LogP contribution in [0.2, 0.25) is 0 Å². The number of esters is 1. The molecule has 0 aromatic carbocycles. The van der Waals surface area contributed by atoms with Crippen molar-refractivity contribution < 1.29 is 9.53 Å². The average Bonchev–Trinajstić information content (AvgIpc) is 2.58. The van der Waals surface area contributed by atoms with Gasteiger partial charge in [-0.15, -0.1) is 0 Å². The van der Waals surface area contributed by atoms with Crippen molar-refractivity contribution in [2.75, 3.05) is 6.61 Å². The Morgan fingerprint density at radius 2 is 2.33 bits per heavy atom. The van der Waals surface area contributed by atoms with E-state index >= 15 is 0 Å². The lowest BCUT2D eigenvalue weighted by Gasteiger charge is -2.04. The molecule has 1 N–H and O–H groups in total. The molecule has 2 rings (SSSR count). The molecular weight excluding hydrogens is 154 g/mol. The minimum Gasteiger partial charge on any atom is -0.462 e. The molecule has 2 heterocycles. The highest BCUT2D eigenvalue weighted by Crippen LogP contribution is 2.24. The molecule has 2 aliphatic heterocycles. The molecule has 0 aliphatic carbocycles. The van der Waals surface area contributed by atoms with Gasteiger partial charge in [0.15, 0.2) is 0 Å². The molecule has 3 nitrogen and oxygen atoms in total. The van der Waals surface area contributed by atoms with E-state index in [2.05, 4.69) is 12.2 Å². The van der Waals surface area contributed by atoms with E-state index in [-0.39, 0.29) is 5.97 Å². The summed E-state index contributed by atoms with van der Waals surface area (Å²) < 4.78 is 4.88. The van der Waals surface area contributed by atoms with Crippen LogP contribution in [0.15, 0.2) is 11.3 Å². The standard InChI is InChI=1S/C9H13NO2/c1-6-2-3-8(10-6)7-4-5-12-9(7)11/h6,10H,2-5H2,1H3/b8-7-. The van der Waals surface area contributed by atoms with Crippen molar-refractivity contribution in [3.63, 3.8) is 0 Å². The number of nitrogens with one attached hydrogen (secondary N) is 1. The van der Waals surface area contributed by atoms with Crippen molar-refractivity contribution in [1.29, 1.82) is 0 Å². The number of cyclic esters (lactones) is 1. The molecule has 0 saturated carbocycles. The van der Waals surface area contributed by atoms with Crippen LogP contribution in [-0.4, -0.2) is 18.6 Å². The highest BCUT2D eigenvalue weighted by molar-refractivity contribution is 5.91. The van der Waals surface area contributed by atoms with E-state index in [4.69, 9.17) is 4.74 Å². The lowest BCUT2D eigenvalue weighted by atomic mass is 10.1. The van der Waals surface area contributed by atoms with Gasteiger partial charge >= 0.3 is 5.97 Å². The summed E-state index contributed by atoms with van der Waals surface area (Å²) in [4.78, 5) is 11.1. The van der Waals surface area contributed by atoms with Crippen LogP contribution in [0.25, 0.3) is 0 Å². The third-order valence-electron chi connectivity index (χ3n) is 2.44. The number of carbonyl (C=O) groups excluding carboxylic acids is 1. The maximum absolute atomic E-state index is 11.1. The summed E-state index contributed by atoms with van der Waals surface area (Å²) >= 11 is 0. The number of ether oxygens (including phenoxy) is 1. The Bertz CT molecular complexity index is 245. The number of hydrogen-bond donors (Lipinski definition) is 1. The summed E-state index contributed by atoms with van der Waals surface area (Å²) in [6.45, 7) is 2.70. The van der Waals surface area contributed by atoms with E-state index in [0.717, 1.165) is 30.5 Å². The second-order valence-corrected chi connectivity index (χ2v) is 3.43. The van der Waals surface area contributed by atoms with E-state index in [1.807, 2.05) is 0 Å². The average molecular weight is 167 g/mol. The molecule has 0 aromatic heterocycles.